The van der Waals surface area contributed by atoms with Crippen LogP contribution in [0, 0.1) is 11.3 Å². The Bertz CT molecular complexity index is 540. The molecule has 0 unspecified atom stereocenters. The van der Waals surface area contributed by atoms with Crippen LogP contribution in [0.25, 0.3) is 0 Å². The first-order valence-corrected chi connectivity index (χ1v) is 8.42. The molecule has 0 aromatic carbocycles. The van der Waals surface area contributed by atoms with Crippen LogP contribution in [0.5, 0.6) is 0 Å². The Labute approximate surface area is 132 Å². The Hall–Kier alpha value is -1.90. The van der Waals surface area contributed by atoms with Crippen molar-refractivity contribution < 1.29 is 0 Å². The first kappa shape index (κ1) is 15.0. The van der Waals surface area contributed by atoms with Crippen molar-refractivity contribution in [3.05, 3.63) is 5.82 Å². The van der Waals surface area contributed by atoms with Gasteiger partial charge in [-0.15, -0.1) is 0 Å². The molecule has 2 aliphatic rings. The third-order valence-corrected chi connectivity index (χ3v) is 4.79. The summed E-state index contributed by atoms with van der Waals surface area (Å²) in [6.45, 7) is 1.95. The zero-order valence-electron chi connectivity index (χ0n) is 13.3. The van der Waals surface area contributed by atoms with Gasteiger partial charge in [0.15, 0.2) is 0 Å². The van der Waals surface area contributed by atoms with E-state index in [1.54, 1.807) is 0 Å². The minimum atomic E-state index is 0.230. The van der Waals surface area contributed by atoms with Crippen molar-refractivity contribution in [2.24, 2.45) is 0 Å². The summed E-state index contributed by atoms with van der Waals surface area (Å²) in [6.07, 6.45) is 9.83. The van der Waals surface area contributed by atoms with Gasteiger partial charge in [-0.05, 0) is 32.1 Å². The van der Waals surface area contributed by atoms with Gasteiger partial charge in [0.05, 0.1) is 0 Å². The van der Waals surface area contributed by atoms with Crippen LogP contribution in [0.2, 0.25) is 0 Å². The smallest absolute Gasteiger partial charge is 0.238 e. The first-order chi connectivity index (χ1) is 10.8. The molecule has 2 fully saturated rings. The zero-order chi connectivity index (χ0) is 15.4. The van der Waals surface area contributed by atoms with Gasteiger partial charge in [0, 0.05) is 26.2 Å². The molecule has 2 heterocycles. The predicted molar refractivity (Wildman–Crippen MR) is 85.9 cm³/mol. The summed E-state index contributed by atoms with van der Waals surface area (Å²) in [6, 6.07) is 2.57. The number of nitriles is 1. The van der Waals surface area contributed by atoms with E-state index in [4.69, 9.17) is 0 Å². The maximum Gasteiger partial charge on any atom is 0.238 e. The number of nitrogens with zero attached hydrogens (tertiary/aromatic N) is 6. The summed E-state index contributed by atoms with van der Waals surface area (Å²) < 4.78 is 0. The standard InChI is InChI=1S/C16H24N6/c1-21(13-8-4-2-5-9-13)15-18-14(12-17)19-16(20-15)22-10-6-3-7-11-22/h13H,2-11H2,1H3. The number of aromatic nitrogens is 3. The lowest BCUT2D eigenvalue weighted by Gasteiger charge is -2.32. The van der Waals surface area contributed by atoms with Gasteiger partial charge in [-0.25, -0.2) is 0 Å². The third-order valence-electron chi connectivity index (χ3n) is 4.79. The highest BCUT2D eigenvalue weighted by molar-refractivity contribution is 5.41. The highest BCUT2D eigenvalue weighted by atomic mass is 15.3. The lowest BCUT2D eigenvalue weighted by molar-refractivity contribution is 0.423. The molecule has 1 saturated heterocycles. The molecular weight excluding hydrogens is 276 g/mol. The summed E-state index contributed by atoms with van der Waals surface area (Å²) in [5.74, 6) is 1.55. The van der Waals surface area contributed by atoms with Gasteiger partial charge in [-0.2, -0.15) is 20.2 Å². The Balaban J connectivity index is 1.84. The van der Waals surface area contributed by atoms with Crippen LogP contribution in [0.3, 0.4) is 0 Å². The summed E-state index contributed by atoms with van der Waals surface area (Å²) in [5.41, 5.74) is 0. The van der Waals surface area contributed by atoms with E-state index in [9.17, 15) is 5.26 Å². The van der Waals surface area contributed by atoms with E-state index in [0.717, 1.165) is 13.1 Å². The lowest BCUT2D eigenvalue weighted by Crippen LogP contribution is -2.36. The van der Waals surface area contributed by atoms with Crippen molar-refractivity contribution in [3.63, 3.8) is 0 Å². The molecule has 6 nitrogen and oxygen atoms in total. The van der Waals surface area contributed by atoms with Crippen LogP contribution in [-0.2, 0) is 0 Å². The molecule has 0 spiro atoms. The summed E-state index contributed by atoms with van der Waals surface area (Å²) in [4.78, 5) is 17.6. The molecule has 0 N–H and O–H groups in total. The minimum absolute atomic E-state index is 0.230. The van der Waals surface area contributed by atoms with Gasteiger partial charge in [-0.1, -0.05) is 19.3 Å². The van der Waals surface area contributed by atoms with Crippen molar-refractivity contribution in [3.8, 4) is 6.07 Å². The van der Waals surface area contributed by atoms with Gasteiger partial charge in [-0.3, -0.25) is 0 Å². The molecule has 1 aliphatic carbocycles. The van der Waals surface area contributed by atoms with Crippen molar-refractivity contribution >= 4 is 11.9 Å². The molecule has 0 bridgehead atoms. The van der Waals surface area contributed by atoms with E-state index >= 15 is 0 Å². The first-order valence-electron chi connectivity index (χ1n) is 8.42. The molecule has 118 valence electrons. The fraction of sp³-hybridized carbons (Fsp3) is 0.750. The highest BCUT2D eigenvalue weighted by Gasteiger charge is 2.23. The largest absolute Gasteiger partial charge is 0.341 e. The van der Waals surface area contributed by atoms with E-state index in [-0.39, 0.29) is 5.82 Å². The van der Waals surface area contributed by atoms with Crippen LogP contribution in [0.1, 0.15) is 57.2 Å². The molecule has 0 radical (unpaired) electrons. The van der Waals surface area contributed by atoms with E-state index in [1.165, 1.54) is 51.4 Å². The molecule has 0 amide bonds. The zero-order valence-corrected chi connectivity index (χ0v) is 13.3. The van der Waals surface area contributed by atoms with Crippen molar-refractivity contribution in [1.82, 2.24) is 15.0 Å². The second-order valence-electron chi connectivity index (χ2n) is 6.32. The molecule has 1 aromatic heterocycles. The normalized spacial score (nSPS) is 19.7. The summed E-state index contributed by atoms with van der Waals surface area (Å²) in [7, 11) is 2.05. The number of hydrogen-bond donors (Lipinski definition) is 0. The van der Waals surface area contributed by atoms with Crippen LogP contribution in [0.4, 0.5) is 11.9 Å². The van der Waals surface area contributed by atoms with E-state index in [0.29, 0.717) is 17.9 Å². The SMILES string of the molecule is CN(c1nc(C#N)nc(N2CCCCC2)n1)C1CCCCC1. The Kier molecular flexibility index (Phi) is 4.71. The molecule has 0 atom stereocenters. The Morgan fingerprint density at radius 1 is 1.00 bits per heavy atom. The number of piperidine rings is 1. The van der Waals surface area contributed by atoms with Crippen molar-refractivity contribution in [2.75, 3.05) is 29.9 Å². The monoisotopic (exact) mass is 300 g/mol. The second-order valence-corrected chi connectivity index (χ2v) is 6.32. The van der Waals surface area contributed by atoms with Gasteiger partial charge >= 0.3 is 0 Å². The lowest BCUT2D eigenvalue weighted by atomic mass is 9.95. The van der Waals surface area contributed by atoms with E-state index in [2.05, 4.69) is 30.8 Å². The van der Waals surface area contributed by atoms with Crippen molar-refractivity contribution in [2.45, 2.75) is 57.4 Å². The predicted octanol–water partition coefficient (Wildman–Crippen LogP) is 2.50. The van der Waals surface area contributed by atoms with Crippen LogP contribution in [0.15, 0.2) is 0 Å². The molecule has 1 saturated carbocycles. The van der Waals surface area contributed by atoms with Gasteiger partial charge < -0.3 is 9.80 Å². The Morgan fingerprint density at radius 2 is 1.68 bits per heavy atom. The quantitative estimate of drug-likeness (QED) is 0.854. The summed E-state index contributed by atoms with van der Waals surface area (Å²) in [5, 5.41) is 9.24. The summed E-state index contributed by atoms with van der Waals surface area (Å²) >= 11 is 0. The molecule has 1 aliphatic heterocycles. The Morgan fingerprint density at radius 3 is 2.36 bits per heavy atom. The topological polar surface area (TPSA) is 68.9 Å². The molecule has 1 aromatic rings. The second kappa shape index (κ2) is 6.91. The average molecular weight is 300 g/mol. The fourth-order valence-electron chi connectivity index (χ4n) is 3.43. The van der Waals surface area contributed by atoms with Gasteiger partial charge in [0.2, 0.25) is 17.7 Å². The van der Waals surface area contributed by atoms with Crippen LogP contribution >= 0.6 is 0 Å². The molecule has 3 rings (SSSR count). The molecule has 6 heteroatoms. The van der Waals surface area contributed by atoms with Crippen molar-refractivity contribution in [1.29, 1.82) is 5.26 Å². The van der Waals surface area contributed by atoms with Crippen LogP contribution in [-0.4, -0.2) is 41.1 Å². The van der Waals surface area contributed by atoms with E-state index < -0.39 is 0 Å². The number of hydrogen-bond acceptors (Lipinski definition) is 6. The molecular formula is C16H24N6. The minimum Gasteiger partial charge on any atom is -0.341 e. The van der Waals surface area contributed by atoms with E-state index in [1.807, 2.05) is 7.05 Å². The maximum absolute atomic E-state index is 9.24. The number of anilines is 2. The highest BCUT2D eigenvalue weighted by Crippen LogP contribution is 2.25. The average Bonchev–Trinajstić information content (AvgIpc) is 2.62. The van der Waals surface area contributed by atoms with Gasteiger partial charge in [0.25, 0.3) is 0 Å². The van der Waals surface area contributed by atoms with Crippen LogP contribution < -0.4 is 9.80 Å². The van der Waals surface area contributed by atoms with Gasteiger partial charge in [0.1, 0.15) is 6.07 Å². The number of rotatable bonds is 3. The maximum atomic E-state index is 9.24. The fourth-order valence-corrected chi connectivity index (χ4v) is 3.43. The molecule has 22 heavy (non-hydrogen) atoms. The third kappa shape index (κ3) is 3.29.